The summed E-state index contributed by atoms with van der Waals surface area (Å²) >= 11 is 5.84. The van der Waals surface area contributed by atoms with Crippen molar-refractivity contribution in [1.82, 2.24) is 9.62 Å². The molecule has 1 saturated heterocycles. The number of hydrogen-bond acceptors (Lipinski definition) is 4. The Labute approximate surface area is 171 Å². The normalized spacial score (nSPS) is 16.6. The van der Waals surface area contributed by atoms with E-state index in [-0.39, 0.29) is 12.6 Å². The van der Waals surface area contributed by atoms with E-state index in [1.54, 1.807) is 30.3 Å². The molecule has 2 aromatic carbocycles. The predicted octanol–water partition coefficient (Wildman–Crippen LogP) is 3.39. The highest BCUT2D eigenvalue weighted by atomic mass is 35.5. The van der Waals surface area contributed by atoms with Crippen molar-refractivity contribution < 1.29 is 13.5 Å². The van der Waals surface area contributed by atoms with Gasteiger partial charge >= 0.3 is 0 Å². The predicted molar refractivity (Wildman–Crippen MR) is 113 cm³/mol. The third kappa shape index (κ3) is 6.43. The highest BCUT2D eigenvalue weighted by Gasteiger charge is 2.18. The fraction of sp³-hybridized carbons (Fsp3) is 0.333. The zero-order valence-electron chi connectivity index (χ0n) is 15.6. The summed E-state index contributed by atoms with van der Waals surface area (Å²) in [7, 11) is -3.56. The van der Waals surface area contributed by atoms with Crippen molar-refractivity contribution in [3.05, 3.63) is 75.7 Å². The van der Waals surface area contributed by atoms with Crippen LogP contribution < -0.4 is 4.72 Å². The van der Waals surface area contributed by atoms with Crippen LogP contribution in [0.4, 0.5) is 0 Å². The second kappa shape index (κ2) is 9.67. The van der Waals surface area contributed by atoms with Crippen molar-refractivity contribution in [3.8, 4) is 0 Å². The molecule has 0 amide bonds. The molecule has 0 bridgehead atoms. The zero-order valence-corrected chi connectivity index (χ0v) is 17.2. The van der Waals surface area contributed by atoms with E-state index < -0.39 is 10.0 Å². The van der Waals surface area contributed by atoms with E-state index >= 15 is 0 Å². The van der Waals surface area contributed by atoms with Gasteiger partial charge in [0.25, 0.3) is 0 Å². The number of nitrogens with one attached hydrogen (secondary N) is 1. The molecule has 150 valence electrons. The van der Waals surface area contributed by atoms with E-state index in [0.29, 0.717) is 5.02 Å². The Bertz CT molecular complexity index is 906. The Morgan fingerprint density at radius 1 is 1.07 bits per heavy atom. The topological polar surface area (TPSA) is 69.6 Å². The number of rotatable bonds is 7. The molecule has 1 aliphatic rings. The minimum Gasteiger partial charge on any atom is -0.393 e. The molecule has 3 rings (SSSR count). The van der Waals surface area contributed by atoms with Gasteiger partial charge in [0, 0.05) is 36.6 Å². The molecule has 1 aliphatic heterocycles. The lowest BCUT2D eigenvalue weighted by molar-refractivity contribution is 0.0791. The Hall–Kier alpha value is -1.70. The second-order valence-corrected chi connectivity index (χ2v) is 9.08. The van der Waals surface area contributed by atoms with Crippen LogP contribution in [0.2, 0.25) is 5.02 Å². The number of likely N-dealkylation sites (tertiary alicyclic amines) is 1. The summed E-state index contributed by atoms with van der Waals surface area (Å²) in [6.45, 7) is 2.70. The van der Waals surface area contributed by atoms with Crippen LogP contribution in [0.15, 0.2) is 53.9 Å². The third-order valence-electron chi connectivity index (χ3n) is 4.84. The molecule has 7 heteroatoms. The average Bonchev–Trinajstić information content (AvgIpc) is 2.69. The number of nitrogens with zero attached hydrogens (tertiary/aromatic N) is 1. The van der Waals surface area contributed by atoms with Gasteiger partial charge in [-0.05, 0) is 47.7 Å². The van der Waals surface area contributed by atoms with Crippen molar-refractivity contribution >= 4 is 27.7 Å². The number of benzene rings is 2. The molecule has 28 heavy (non-hydrogen) atoms. The fourth-order valence-electron chi connectivity index (χ4n) is 3.17. The zero-order chi connectivity index (χ0) is 20.0. The summed E-state index contributed by atoms with van der Waals surface area (Å²) in [4.78, 5) is 2.29. The SMILES string of the molecule is O=S(=O)(/C=C/c1ccc(Cl)cc1)NCc1ccccc1CN1CCC(O)CC1. The number of hydrogen-bond donors (Lipinski definition) is 2. The summed E-state index contributed by atoms with van der Waals surface area (Å²) in [5.41, 5.74) is 2.82. The Morgan fingerprint density at radius 3 is 2.39 bits per heavy atom. The first kappa shape index (κ1) is 21.0. The Morgan fingerprint density at radius 2 is 1.71 bits per heavy atom. The molecule has 2 aromatic rings. The molecular formula is C21H25ClN2O3S. The van der Waals surface area contributed by atoms with Crippen LogP contribution in [0.3, 0.4) is 0 Å². The molecule has 2 N–H and O–H groups in total. The first-order valence-electron chi connectivity index (χ1n) is 9.32. The summed E-state index contributed by atoms with van der Waals surface area (Å²) in [5, 5.41) is 11.4. The lowest BCUT2D eigenvalue weighted by Gasteiger charge is -2.30. The fourth-order valence-corrected chi connectivity index (χ4v) is 4.09. The van der Waals surface area contributed by atoms with Gasteiger partial charge in [-0.3, -0.25) is 4.90 Å². The minimum absolute atomic E-state index is 0.203. The maximum Gasteiger partial charge on any atom is 0.234 e. The van der Waals surface area contributed by atoms with Crippen LogP contribution in [-0.4, -0.2) is 37.6 Å². The summed E-state index contributed by atoms with van der Waals surface area (Å²) < 4.78 is 27.3. The standard InChI is InChI=1S/C21H25ClN2O3S/c22-20-7-5-17(6-8-20)11-14-28(26,27)23-15-18-3-1-2-4-19(18)16-24-12-9-21(25)10-13-24/h1-8,11,14,21,23,25H,9-10,12-13,15-16H2/b14-11+. The summed E-state index contributed by atoms with van der Waals surface area (Å²) in [6, 6.07) is 14.8. The second-order valence-electron chi connectivity index (χ2n) is 7.00. The lowest BCUT2D eigenvalue weighted by atomic mass is 10.0. The number of halogens is 1. The van der Waals surface area contributed by atoms with Crippen LogP contribution in [0.25, 0.3) is 6.08 Å². The number of aliphatic hydroxyl groups excluding tert-OH is 1. The summed E-state index contributed by atoms with van der Waals surface area (Å²) in [5.74, 6) is 0. The van der Waals surface area contributed by atoms with Gasteiger partial charge in [-0.1, -0.05) is 48.0 Å². The van der Waals surface area contributed by atoms with E-state index in [4.69, 9.17) is 11.6 Å². The lowest BCUT2D eigenvalue weighted by Crippen LogP contribution is -2.35. The third-order valence-corrected chi connectivity index (χ3v) is 6.14. The van der Waals surface area contributed by atoms with Crippen molar-refractivity contribution in [2.75, 3.05) is 13.1 Å². The number of sulfonamides is 1. The monoisotopic (exact) mass is 420 g/mol. The molecular weight excluding hydrogens is 396 g/mol. The van der Waals surface area contributed by atoms with Crippen molar-refractivity contribution in [1.29, 1.82) is 0 Å². The Balaban J connectivity index is 1.61. The van der Waals surface area contributed by atoms with E-state index in [1.165, 1.54) is 5.41 Å². The van der Waals surface area contributed by atoms with Gasteiger partial charge in [0.15, 0.2) is 0 Å². The number of piperidine rings is 1. The highest BCUT2D eigenvalue weighted by Crippen LogP contribution is 2.17. The van der Waals surface area contributed by atoms with Gasteiger partial charge in [0.2, 0.25) is 10.0 Å². The van der Waals surface area contributed by atoms with Gasteiger partial charge in [-0.25, -0.2) is 13.1 Å². The van der Waals surface area contributed by atoms with Crippen molar-refractivity contribution in [2.24, 2.45) is 0 Å². The molecule has 0 aromatic heterocycles. The van der Waals surface area contributed by atoms with Gasteiger partial charge in [-0.2, -0.15) is 0 Å². The quantitative estimate of drug-likeness (QED) is 0.720. The van der Waals surface area contributed by atoms with Gasteiger partial charge in [0.1, 0.15) is 0 Å². The van der Waals surface area contributed by atoms with E-state index in [9.17, 15) is 13.5 Å². The van der Waals surface area contributed by atoms with Crippen LogP contribution in [0, 0.1) is 0 Å². The average molecular weight is 421 g/mol. The molecule has 5 nitrogen and oxygen atoms in total. The van der Waals surface area contributed by atoms with E-state index in [1.807, 2.05) is 24.3 Å². The molecule has 0 aliphatic carbocycles. The molecule has 1 heterocycles. The highest BCUT2D eigenvalue weighted by molar-refractivity contribution is 7.92. The van der Waals surface area contributed by atoms with Gasteiger partial charge in [-0.15, -0.1) is 0 Å². The smallest absolute Gasteiger partial charge is 0.234 e. The van der Waals surface area contributed by atoms with Crippen LogP contribution >= 0.6 is 11.6 Å². The van der Waals surface area contributed by atoms with E-state index in [2.05, 4.69) is 9.62 Å². The van der Waals surface area contributed by atoms with Crippen molar-refractivity contribution in [2.45, 2.75) is 32.0 Å². The van der Waals surface area contributed by atoms with Crippen LogP contribution in [0.5, 0.6) is 0 Å². The molecule has 1 fully saturated rings. The molecule has 0 unspecified atom stereocenters. The molecule has 0 atom stereocenters. The van der Waals surface area contributed by atoms with Gasteiger partial charge in [0.05, 0.1) is 6.10 Å². The molecule has 0 spiro atoms. The minimum atomic E-state index is -3.56. The van der Waals surface area contributed by atoms with Crippen LogP contribution in [0.1, 0.15) is 29.5 Å². The largest absolute Gasteiger partial charge is 0.393 e. The first-order chi connectivity index (χ1) is 13.4. The van der Waals surface area contributed by atoms with Crippen LogP contribution in [-0.2, 0) is 23.1 Å². The number of aliphatic hydroxyl groups is 1. The van der Waals surface area contributed by atoms with Gasteiger partial charge < -0.3 is 5.11 Å². The summed E-state index contributed by atoms with van der Waals surface area (Å²) in [6.07, 6.45) is 2.91. The maximum absolute atomic E-state index is 12.3. The first-order valence-corrected chi connectivity index (χ1v) is 11.2. The molecule has 0 saturated carbocycles. The maximum atomic E-state index is 12.3. The Kier molecular flexibility index (Phi) is 7.26. The molecule has 0 radical (unpaired) electrons. The van der Waals surface area contributed by atoms with E-state index in [0.717, 1.165) is 49.2 Å². The van der Waals surface area contributed by atoms with Crippen molar-refractivity contribution in [3.63, 3.8) is 0 Å².